The Balaban J connectivity index is 1.67. The lowest BCUT2D eigenvalue weighted by atomic mass is 9.86. The Labute approximate surface area is 208 Å². The van der Waals surface area contributed by atoms with E-state index in [1.165, 1.54) is 33.5 Å². The predicted octanol–water partition coefficient (Wildman–Crippen LogP) is 6.51. The van der Waals surface area contributed by atoms with Gasteiger partial charge in [0.1, 0.15) is 0 Å². The SMILES string of the molecule is CC1=CC(C)(C)N(C)c2ccc([C@@H]3[C@@H](c4ccccn4)NC(=S)N3c3cc(C)cc(C)c3)cc21. The number of thiocarbonyl (C=S) groups is 1. The highest BCUT2D eigenvalue weighted by Crippen LogP contribution is 2.45. The van der Waals surface area contributed by atoms with Crippen molar-refractivity contribution in [3.05, 3.63) is 94.8 Å². The van der Waals surface area contributed by atoms with Gasteiger partial charge in [0.15, 0.2) is 5.11 Å². The summed E-state index contributed by atoms with van der Waals surface area (Å²) in [6, 6.07) is 19.5. The van der Waals surface area contributed by atoms with Gasteiger partial charge in [0, 0.05) is 30.2 Å². The molecule has 1 aromatic heterocycles. The zero-order valence-electron chi connectivity index (χ0n) is 20.8. The standard InChI is InChI=1S/C29H32N4S/c1-18-13-19(2)15-22(14-18)33-27(26(31-28(33)34)24-9-7-8-12-30-24)21-10-11-25-23(16-21)20(3)17-29(4,5)32(25)6/h7-17,26-27H,1-6H3,(H,31,34)/t26-,27-/m1/s1. The maximum absolute atomic E-state index is 5.92. The lowest BCUT2D eigenvalue weighted by Gasteiger charge is -2.41. The molecular formula is C29H32N4S. The summed E-state index contributed by atoms with van der Waals surface area (Å²) in [6.45, 7) is 11.0. The number of likely N-dealkylation sites (N-methyl/N-ethyl adjacent to an activating group) is 1. The van der Waals surface area contributed by atoms with Crippen LogP contribution in [0.3, 0.4) is 0 Å². The molecule has 3 heterocycles. The average Bonchev–Trinajstić information content (AvgIpc) is 3.14. The second kappa shape index (κ2) is 8.24. The first-order valence-electron chi connectivity index (χ1n) is 11.8. The Hall–Kier alpha value is -3.18. The third kappa shape index (κ3) is 3.78. The quantitative estimate of drug-likeness (QED) is 0.443. The lowest BCUT2D eigenvalue weighted by molar-refractivity contribution is 0.566. The summed E-state index contributed by atoms with van der Waals surface area (Å²) in [4.78, 5) is 9.32. The van der Waals surface area contributed by atoms with Gasteiger partial charge in [0.05, 0.1) is 23.3 Å². The Morgan fingerprint density at radius 3 is 2.38 bits per heavy atom. The Morgan fingerprint density at radius 1 is 0.971 bits per heavy atom. The van der Waals surface area contributed by atoms with Crippen LogP contribution in [0.1, 0.15) is 60.8 Å². The van der Waals surface area contributed by atoms with Gasteiger partial charge in [-0.3, -0.25) is 4.98 Å². The fourth-order valence-electron chi connectivity index (χ4n) is 5.42. The van der Waals surface area contributed by atoms with Crippen LogP contribution in [0.25, 0.3) is 5.57 Å². The number of benzene rings is 2. The maximum Gasteiger partial charge on any atom is 0.174 e. The van der Waals surface area contributed by atoms with Crippen LogP contribution in [-0.2, 0) is 0 Å². The largest absolute Gasteiger partial charge is 0.366 e. The fourth-order valence-corrected chi connectivity index (χ4v) is 5.77. The summed E-state index contributed by atoms with van der Waals surface area (Å²) in [5.41, 5.74) is 9.61. The van der Waals surface area contributed by atoms with Crippen molar-refractivity contribution in [2.45, 2.75) is 52.2 Å². The molecule has 0 aliphatic carbocycles. The molecule has 0 saturated carbocycles. The Bertz CT molecular complexity index is 1270. The summed E-state index contributed by atoms with van der Waals surface area (Å²) in [5.74, 6) is 0. The first kappa shape index (κ1) is 22.6. The third-order valence-electron chi connectivity index (χ3n) is 7.17. The fraction of sp³-hybridized carbons (Fsp3) is 0.310. The van der Waals surface area contributed by atoms with Crippen molar-refractivity contribution >= 4 is 34.3 Å². The molecule has 5 rings (SSSR count). The van der Waals surface area contributed by atoms with Gasteiger partial charge >= 0.3 is 0 Å². The number of hydrogen-bond donors (Lipinski definition) is 1. The van der Waals surface area contributed by atoms with Crippen LogP contribution in [0.15, 0.2) is 66.9 Å². The van der Waals surface area contributed by atoms with Gasteiger partial charge in [-0.2, -0.15) is 0 Å². The van der Waals surface area contributed by atoms with E-state index in [1.54, 1.807) is 0 Å². The van der Waals surface area contributed by atoms with E-state index in [0.29, 0.717) is 0 Å². The number of pyridine rings is 1. The van der Waals surface area contributed by atoms with Crippen molar-refractivity contribution < 1.29 is 0 Å². The molecule has 5 heteroatoms. The van der Waals surface area contributed by atoms with Crippen LogP contribution in [0.5, 0.6) is 0 Å². The number of aromatic nitrogens is 1. The van der Waals surface area contributed by atoms with E-state index in [-0.39, 0.29) is 17.6 Å². The first-order chi connectivity index (χ1) is 16.2. The number of aryl methyl sites for hydroxylation is 2. The molecule has 3 aromatic rings. The molecule has 2 atom stereocenters. The summed E-state index contributed by atoms with van der Waals surface area (Å²) in [6.07, 6.45) is 4.21. The molecule has 0 amide bonds. The van der Waals surface area contributed by atoms with Gasteiger partial charge in [-0.25, -0.2) is 0 Å². The number of fused-ring (bicyclic) bond motifs is 1. The van der Waals surface area contributed by atoms with Crippen molar-refractivity contribution in [3.63, 3.8) is 0 Å². The van der Waals surface area contributed by atoms with Gasteiger partial charge in [0.25, 0.3) is 0 Å². The highest BCUT2D eigenvalue weighted by molar-refractivity contribution is 7.80. The van der Waals surface area contributed by atoms with Crippen LogP contribution < -0.4 is 15.1 Å². The summed E-state index contributed by atoms with van der Waals surface area (Å²) < 4.78 is 0. The topological polar surface area (TPSA) is 31.4 Å². The van der Waals surface area contributed by atoms with Crippen molar-refractivity contribution in [1.82, 2.24) is 10.3 Å². The number of nitrogens with one attached hydrogen (secondary N) is 1. The van der Waals surface area contributed by atoms with Gasteiger partial charge in [-0.1, -0.05) is 24.3 Å². The summed E-state index contributed by atoms with van der Waals surface area (Å²) >= 11 is 5.92. The first-order valence-corrected chi connectivity index (χ1v) is 12.2. The van der Waals surface area contributed by atoms with Gasteiger partial charge in [-0.05, 0) is 105 Å². The molecule has 2 aromatic carbocycles. The number of anilines is 2. The number of nitrogens with zero attached hydrogens (tertiary/aromatic N) is 3. The Morgan fingerprint density at radius 2 is 1.71 bits per heavy atom. The molecule has 1 saturated heterocycles. The van der Waals surface area contributed by atoms with Crippen molar-refractivity contribution in [2.24, 2.45) is 0 Å². The zero-order chi connectivity index (χ0) is 24.2. The zero-order valence-corrected chi connectivity index (χ0v) is 21.6. The van der Waals surface area contributed by atoms with Crippen molar-refractivity contribution in [1.29, 1.82) is 0 Å². The third-order valence-corrected chi connectivity index (χ3v) is 7.48. The highest BCUT2D eigenvalue weighted by atomic mass is 32.1. The molecule has 2 aliphatic heterocycles. The highest BCUT2D eigenvalue weighted by Gasteiger charge is 2.41. The van der Waals surface area contributed by atoms with E-state index < -0.39 is 0 Å². The van der Waals surface area contributed by atoms with Crippen LogP contribution >= 0.6 is 12.2 Å². The maximum atomic E-state index is 5.92. The van der Waals surface area contributed by atoms with E-state index in [9.17, 15) is 0 Å². The van der Waals surface area contributed by atoms with Crippen LogP contribution in [-0.4, -0.2) is 22.7 Å². The summed E-state index contributed by atoms with van der Waals surface area (Å²) in [5, 5.41) is 4.32. The second-order valence-electron chi connectivity index (χ2n) is 10.2. The van der Waals surface area contributed by atoms with E-state index in [2.05, 4.69) is 105 Å². The molecular weight excluding hydrogens is 436 g/mol. The van der Waals surface area contributed by atoms with E-state index in [4.69, 9.17) is 17.2 Å². The molecule has 0 unspecified atom stereocenters. The molecule has 0 spiro atoms. The molecule has 174 valence electrons. The van der Waals surface area contributed by atoms with Crippen LogP contribution in [0.2, 0.25) is 0 Å². The minimum atomic E-state index is -0.0467. The molecule has 1 N–H and O–H groups in total. The number of rotatable bonds is 3. The molecule has 0 bridgehead atoms. The number of hydrogen-bond acceptors (Lipinski definition) is 3. The Kier molecular flexibility index (Phi) is 5.48. The smallest absolute Gasteiger partial charge is 0.174 e. The average molecular weight is 469 g/mol. The molecule has 2 aliphatic rings. The predicted molar refractivity (Wildman–Crippen MR) is 146 cm³/mol. The van der Waals surface area contributed by atoms with Crippen molar-refractivity contribution in [2.75, 3.05) is 16.8 Å². The van der Waals surface area contributed by atoms with Crippen LogP contribution in [0, 0.1) is 13.8 Å². The summed E-state index contributed by atoms with van der Waals surface area (Å²) in [7, 11) is 2.17. The van der Waals surface area contributed by atoms with E-state index in [0.717, 1.165) is 16.5 Å². The molecule has 1 fully saturated rings. The van der Waals surface area contributed by atoms with Crippen LogP contribution in [0.4, 0.5) is 11.4 Å². The van der Waals surface area contributed by atoms with Crippen molar-refractivity contribution in [3.8, 4) is 0 Å². The monoisotopic (exact) mass is 468 g/mol. The lowest BCUT2D eigenvalue weighted by Crippen LogP contribution is -2.42. The molecule has 34 heavy (non-hydrogen) atoms. The normalized spacial score (nSPS) is 21.2. The minimum Gasteiger partial charge on any atom is -0.366 e. The van der Waals surface area contributed by atoms with Gasteiger partial charge < -0.3 is 15.1 Å². The molecule has 4 nitrogen and oxygen atoms in total. The number of allylic oxidation sites excluding steroid dienone is 1. The van der Waals surface area contributed by atoms with E-state index >= 15 is 0 Å². The second-order valence-corrected chi connectivity index (χ2v) is 10.5. The minimum absolute atomic E-state index is 0.0121. The van der Waals surface area contributed by atoms with Gasteiger partial charge in [-0.15, -0.1) is 0 Å². The van der Waals surface area contributed by atoms with Gasteiger partial charge in [0.2, 0.25) is 0 Å². The van der Waals surface area contributed by atoms with E-state index in [1.807, 2.05) is 18.3 Å². The molecule has 0 radical (unpaired) electrons.